The number of nitrogens with one attached hydrogen (secondary N) is 1. The summed E-state index contributed by atoms with van der Waals surface area (Å²) in [5.41, 5.74) is 5.15. The van der Waals surface area contributed by atoms with Crippen LogP contribution in [0.3, 0.4) is 0 Å². The zero-order chi connectivity index (χ0) is 25.0. The summed E-state index contributed by atoms with van der Waals surface area (Å²) in [6.45, 7) is 7.29. The van der Waals surface area contributed by atoms with E-state index in [0.717, 1.165) is 39.1 Å². The van der Waals surface area contributed by atoms with Crippen LogP contribution in [-0.2, 0) is 30.7 Å². The standard InChI is InChI=1S/C32H41N3O.H2/c1-2-3-6-11-27-16-18-29(19-17-27)25-33-31(24-28-12-7-4-8-13-28)32(36)35-22-20-34(21-23-35)26-30-14-9-5-10-15-30;/h4-5,7-10,12-19,31,33H,2-3,6,11,20-26H2,1H3;1H/t31-;/m0./s1. The van der Waals surface area contributed by atoms with E-state index in [1.165, 1.54) is 41.5 Å². The number of carbonyl (C=O) groups is 1. The van der Waals surface area contributed by atoms with Crippen LogP contribution in [0, 0.1) is 0 Å². The highest BCUT2D eigenvalue weighted by Crippen LogP contribution is 2.13. The highest BCUT2D eigenvalue weighted by molar-refractivity contribution is 5.82. The third kappa shape index (κ3) is 8.04. The Balaban J connectivity index is 0.00000380. The lowest BCUT2D eigenvalue weighted by atomic mass is 10.0. The normalized spacial score (nSPS) is 15.1. The second kappa shape index (κ2) is 14.0. The molecule has 1 aliphatic heterocycles. The number of amides is 1. The van der Waals surface area contributed by atoms with E-state index >= 15 is 0 Å². The highest BCUT2D eigenvalue weighted by Gasteiger charge is 2.27. The lowest BCUT2D eigenvalue weighted by Crippen LogP contribution is -2.54. The van der Waals surface area contributed by atoms with Crippen molar-refractivity contribution in [2.45, 2.75) is 58.2 Å². The largest absolute Gasteiger partial charge is 0.339 e. The summed E-state index contributed by atoms with van der Waals surface area (Å²) in [5.74, 6) is 0.217. The molecule has 1 fully saturated rings. The fraction of sp³-hybridized carbons (Fsp3) is 0.406. The lowest BCUT2D eigenvalue weighted by molar-refractivity contribution is -0.135. The van der Waals surface area contributed by atoms with Crippen LogP contribution >= 0.6 is 0 Å². The van der Waals surface area contributed by atoms with Crippen LogP contribution < -0.4 is 5.32 Å². The van der Waals surface area contributed by atoms with Gasteiger partial charge in [0.2, 0.25) is 5.91 Å². The first-order valence-electron chi connectivity index (χ1n) is 13.6. The monoisotopic (exact) mass is 485 g/mol. The molecule has 1 saturated heterocycles. The molecule has 1 aliphatic rings. The zero-order valence-electron chi connectivity index (χ0n) is 21.7. The van der Waals surface area contributed by atoms with Crippen LogP contribution in [-0.4, -0.2) is 47.9 Å². The minimum atomic E-state index is -0.225. The van der Waals surface area contributed by atoms with Crippen LogP contribution in [0.4, 0.5) is 0 Å². The molecule has 0 unspecified atom stereocenters. The van der Waals surface area contributed by atoms with Crippen molar-refractivity contribution in [3.8, 4) is 0 Å². The Morgan fingerprint density at radius 2 is 1.39 bits per heavy atom. The fourth-order valence-corrected chi connectivity index (χ4v) is 4.93. The van der Waals surface area contributed by atoms with Gasteiger partial charge in [0.25, 0.3) is 0 Å². The molecule has 3 aromatic rings. The molecule has 4 nitrogen and oxygen atoms in total. The summed E-state index contributed by atoms with van der Waals surface area (Å²) in [6, 6.07) is 29.6. The molecule has 4 heteroatoms. The van der Waals surface area contributed by atoms with E-state index in [4.69, 9.17) is 0 Å². The first kappa shape index (κ1) is 26.1. The number of hydrogen-bond acceptors (Lipinski definition) is 3. The Labute approximate surface area is 218 Å². The van der Waals surface area contributed by atoms with Gasteiger partial charge in [-0.2, -0.15) is 0 Å². The molecule has 0 aromatic heterocycles. The van der Waals surface area contributed by atoms with Gasteiger partial charge in [0.15, 0.2) is 0 Å². The van der Waals surface area contributed by atoms with Crippen molar-refractivity contribution in [2.24, 2.45) is 0 Å². The number of hydrogen-bond donors (Lipinski definition) is 1. The molecule has 0 aliphatic carbocycles. The van der Waals surface area contributed by atoms with Crippen molar-refractivity contribution in [2.75, 3.05) is 26.2 Å². The second-order valence-corrected chi connectivity index (χ2v) is 9.98. The molecule has 0 radical (unpaired) electrons. The number of nitrogens with zero attached hydrogens (tertiary/aromatic N) is 2. The van der Waals surface area contributed by atoms with Crippen molar-refractivity contribution in [3.63, 3.8) is 0 Å². The minimum Gasteiger partial charge on any atom is -0.339 e. The average molecular weight is 486 g/mol. The van der Waals surface area contributed by atoms with Crippen molar-refractivity contribution in [1.29, 1.82) is 0 Å². The molecule has 1 atom stereocenters. The van der Waals surface area contributed by atoms with Crippen molar-refractivity contribution in [3.05, 3.63) is 107 Å². The second-order valence-electron chi connectivity index (χ2n) is 9.98. The third-order valence-corrected chi connectivity index (χ3v) is 7.16. The predicted octanol–water partition coefficient (Wildman–Crippen LogP) is 5.71. The number of carbonyl (C=O) groups excluding carboxylic acids is 1. The zero-order valence-corrected chi connectivity index (χ0v) is 21.7. The topological polar surface area (TPSA) is 35.6 Å². The SMILES string of the molecule is CCCCCc1ccc(CN[C@@H](Cc2ccccc2)C(=O)N2CCN(Cc3ccccc3)CC2)cc1.[HH]. The number of aryl methyl sites for hydroxylation is 1. The first-order valence-corrected chi connectivity index (χ1v) is 13.6. The Morgan fingerprint density at radius 3 is 2.03 bits per heavy atom. The van der Waals surface area contributed by atoms with Crippen LogP contribution in [0.2, 0.25) is 0 Å². The van der Waals surface area contributed by atoms with Crippen LogP contribution in [0.5, 0.6) is 0 Å². The quantitative estimate of drug-likeness (QED) is 0.334. The maximum Gasteiger partial charge on any atom is 0.240 e. The maximum atomic E-state index is 13.6. The summed E-state index contributed by atoms with van der Waals surface area (Å²) in [7, 11) is 0. The van der Waals surface area contributed by atoms with Gasteiger partial charge in [-0.05, 0) is 41.5 Å². The van der Waals surface area contributed by atoms with Crippen LogP contribution in [0.15, 0.2) is 84.9 Å². The summed E-state index contributed by atoms with van der Waals surface area (Å²) in [6.07, 6.45) is 5.64. The van der Waals surface area contributed by atoms with E-state index < -0.39 is 0 Å². The summed E-state index contributed by atoms with van der Waals surface area (Å²) < 4.78 is 0. The predicted molar refractivity (Wildman–Crippen MR) is 151 cm³/mol. The summed E-state index contributed by atoms with van der Waals surface area (Å²) >= 11 is 0. The molecular formula is C32H43N3O. The molecular weight excluding hydrogens is 442 g/mol. The summed E-state index contributed by atoms with van der Waals surface area (Å²) in [4.78, 5) is 18.1. The van der Waals surface area contributed by atoms with Gasteiger partial charge >= 0.3 is 0 Å². The number of unbranched alkanes of at least 4 members (excludes halogenated alkanes) is 2. The van der Waals surface area contributed by atoms with Gasteiger partial charge in [-0.1, -0.05) is 105 Å². The smallest absolute Gasteiger partial charge is 0.240 e. The Morgan fingerprint density at radius 1 is 0.778 bits per heavy atom. The third-order valence-electron chi connectivity index (χ3n) is 7.16. The van der Waals surface area contributed by atoms with Gasteiger partial charge < -0.3 is 10.2 Å². The van der Waals surface area contributed by atoms with Crippen LogP contribution in [0.25, 0.3) is 0 Å². The van der Waals surface area contributed by atoms with E-state index in [-0.39, 0.29) is 13.4 Å². The molecule has 4 rings (SSSR count). The van der Waals surface area contributed by atoms with Gasteiger partial charge in [0, 0.05) is 40.7 Å². The molecule has 36 heavy (non-hydrogen) atoms. The molecule has 1 amide bonds. The maximum absolute atomic E-state index is 13.6. The average Bonchev–Trinajstić information content (AvgIpc) is 2.93. The Hall–Kier alpha value is -2.95. The highest BCUT2D eigenvalue weighted by atomic mass is 16.2. The number of rotatable bonds is 12. The van der Waals surface area contributed by atoms with Gasteiger partial charge in [0.05, 0.1) is 6.04 Å². The van der Waals surface area contributed by atoms with E-state index in [2.05, 4.69) is 101 Å². The Bertz CT molecular complexity index is 1030. The van der Waals surface area contributed by atoms with Gasteiger partial charge in [-0.25, -0.2) is 0 Å². The number of piperazine rings is 1. The first-order chi connectivity index (χ1) is 17.7. The molecule has 0 bridgehead atoms. The van der Waals surface area contributed by atoms with E-state index in [0.29, 0.717) is 13.0 Å². The molecule has 192 valence electrons. The van der Waals surface area contributed by atoms with Gasteiger partial charge in [-0.3, -0.25) is 9.69 Å². The lowest BCUT2D eigenvalue weighted by Gasteiger charge is -2.36. The van der Waals surface area contributed by atoms with E-state index in [1.807, 2.05) is 6.07 Å². The van der Waals surface area contributed by atoms with Crippen molar-refractivity contribution < 1.29 is 6.22 Å². The van der Waals surface area contributed by atoms with E-state index in [9.17, 15) is 4.79 Å². The fourth-order valence-electron chi connectivity index (χ4n) is 4.93. The van der Waals surface area contributed by atoms with Gasteiger partial charge in [-0.15, -0.1) is 0 Å². The van der Waals surface area contributed by atoms with Crippen molar-refractivity contribution in [1.82, 2.24) is 15.1 Å². The molecule has 0 spiro atoms. The molecule has 1 heterocycles. The molecule has 3 aromatic carbocycles. The van der Waals surface area contributed by atoms with Gasteiger partial charge in [0.1, 0.15) is 0 Å². The summed E-state index contributed by atoms with van der Waals surface area (Å²) in [5, 5.41) is 3.60. The Kier molecular flexibility index (Phi) is 10.1. The number of benzene rings is 3. The van der Waals surface area contributed by atoms with Crippen molar-refractivity contribution >= 4 is 5.91 Å². The van der Waals surface area contributed by atoms with Crippen LogP contribution in [0.1, 0.15) is 49.9 Å². The minimum absolute atomic E-state index is 0. The molecule has 1 N–H and O–H groups in total. The molecule has 0 saturated carbocycles. The van der Waals surface area contributed by atoms with E-state index in [1.54, 1.807) is 0 Å².